The molecular weight excluding hydrogens is 328 g/mol. The van der Waals surface area contributed by atoms with Gasteiger partial charge in [0.2, 0.25) is 0 Å². The minimum Gasteiger partial charge on any atom is -0.493 e. The molecule has 26 heavy (non-hydrogen) atoms. The summed E-state index contributed by atoms with van der Waals surface area (Å²) in [5.41, 5.74) is 9.47. The Bertz CT molecular complexity index is 824. The molecule has 2 aromatic rings. The number of hydrogen-bond donors (Lipinski definition) is 1. The molecule has 140 valence electrons. The van der Waals surface area contributed by atoms with Crippen LogP contribution in [0.25, 0.3) is 0 Å². The lowest BCUT2D eigenvalue weighted by Crippen LogP contribution is -2.23. The van der Waals surface area contributed by atoms with Gasteiger partial charge < -0.3 is 19.8 Å². The monoisotopic (exact) mass is 356 g/mol. The molecule has 0 aliphatic heterocycles. The first kappa shape index (κ1) is 18.5. The summed E-state index contributed by atoms with van der Waals surface area (Å²) >= 11 is 0. The lowest BCUT2D eigenvalue weighted by Gasteiger charge is -2.21. The number of aryl methyl sites for hydroxylation is 2. The highest BCUT2D eigenvalue weighted by molar-refractivity contribution is 5.44. The van der Waals surface area contributed by atoms with E-state index >= 15 is 0 Å². The molecule has 1 saturated carbocycles. The van der Waals surface area contributed by atoms with Gasteiger partial charge in [-0.15, -0.1) is 0 Å². The van der Waals surface area contributed by atoms with Crippen LogP contribution in [0.2, 0.25) is 0 Å². The second-order valence-electron chi connectivity index (χ2n) is 7.06. The Morgan fingerprint density at radius 1 is 1.23 bits per heavy atom. The number of aromatic nitrogens is 1. The van der Waals surface area contributed by atoms with Crippen molar-refractivity contribution in [1.29, 1.82) is 0 Å². The number of pyridine rings is 1. The summed E-state index contributed by atoms with van der Waals surface area (Å²) in [7, 11) is 1.65. The molecule has 5 nitrogen and oxygen atoms in total. The topological polar surface area (TPSA) is 66.5 Å². The number of ether oxygens (including phenoxy) is 2. The second-order valence-corrected chi connectivity index (χ2v) is 7.06. The van der Waals surface area contributed by atoms with Gasteiger partial charge >= 0.3 is 0 Å². The number of rotatable bonds is 8. The van der Waals surface area contributed by atoms with Crippen LogP contribution in [-0.2, 0) is 13.0 Å². The lowest BCUT2D eigenvalue weighted by molar-refractivity contribution is 0.280. The maximum absolute atomic E-state index is 11.8. The summed E-state index contributed by atoms with van der Waals surface area (Å²) in [6.07, 6.45) is 3.28. The number of nitrogens with zero attached hydrogens (tertiary/aromatic N) is 1. The third-order valence-electron chi connectivity index (χ3n) is 4.96. The van der Waals surface area contributed by atoms with Crippen LogP contribution in [0.4, 0.5) is 0 Å². The Balaban J connectivity index is 1.82. The second kappa shape index (κ2) is 7.96. The van der Waals surface area contributed by atoms with Gasteiger partial charge in [-0.25, -0.2) is 0 Å². The summed E-state index contributed by atoms with van der Waals surface area (Å²) in [6, 6.07) is 9.03. The minimum atomic E-state index is -0.198. The molecule has 1 atom stereocenters. The Labute approximate surface area is 154 Å². The van der Waals surface area contributed by atoms with E-state index in [1.54, 1.807) is 19.2 Å². The first-order valence-corrected chi connectivity index (χ1v) is 9.28. The van der Waals surface area contributed by atoms with Crippen molar-refractivity contribution in [1.82, 2.24) is 4.57 Å². The molecule has 1 heterocycles. The molecule has 3 rings (SSSR count). The molecule has 0 radical (unpaired) electrons. The highest BCUT2D eigenvalue weighted by atomic mass is 16.5. The van der Waals surface area contributed by atoms with E-state index in [1.165, 1.54) is 12.8 Å². The van der Waals surface area contributed by atoms with Gasteiger partial charge in [0.05, 0.1) is 13.7 Å². The fourth-order valence-electron chi connectivity index (χ4n) is 3.18. The number of methoxy groups -OCH3 is 1. The zero-order valence-corrected chi connectivity index (χ0v) is 15.8. The Hall–Kier alpha value is -2.27. The maximum Gasteiger partial charge on any atom is 0.182 e. The van der Waals surface area contributed by atoms with Crippen LogP contribution in [0.3, 0.4) is 0 Å². The Kier molecular flexibility index (Phi) is 5.67. The third-order valence-corrected chi connectivity index (χ3v) is 4.96. The first-order valence-electron chi connectivity index (χ1n) is 9.28. The number of benzene rings is 1. The van der Waals surface area contributed by atoms with E-state index in [0.29, 0.717) is 12.5 Å². The standard InChI is InChI=1S/C21H28N2O3/c1-4-17-11-18(24)9-14(2)23(17)12-19(22)16-7-8-20(25-3)21(10-16)26-13-15-5-6-15/h7-11,15,19H,4-6,12-13,22H2,1-3H3. The van der Waals surface area contributed by atoms with Crippen molar-refractivity contribution in [3.05, 3.63) is 57.5 Å². The molecule has 1 fully saturated rings. The molecule has 0 bridgehead atoms. The normalized spacial score (nSPS) is 14.9. The molecule has 1 unspecified atom stereocenters. The van der Waals surface area contributed by atoms with Gasteiger partial charge in [0.25, 0.3) is 0 Å². The molecule has 0 spiro atoms. The highest BCUT2D eigenvalue weighted by Crippen LogP contribution is 2.34. The molecule has 2 N–H and O–H groups in total. The van der Waals surface area contributed by atoms with E-state index in [9.17, 15) is 4.79 Å². The van der Waals surface area contributed by atoms with Crippen LogP contribution in [0.15, 0.2) is 35.1 Å². The van der Waals surface area contributed by atoms with Gasteiger partial charge in [0.15, 0.2) is 16.9 Å². The molecule has 0 saturated heterocycles. The molecule has 0 amide bonds. The fourth-order valence-corrected chi connectivity index (χ4v) is 3.18. The lowest BCUT2D eigenvalue weighted by atomic mass is 10.1. The first-order chi connectivity index (χ1) is 12.5. The average Bonchev–Trinajstić information content (AvgIpc) is 3.45. The number of nitrogens with two attached hydrogens (primary N) is 1. The molecule has 1 aromatic carbocycles. The molecular formula is C21H28N2O3. The molecule has 1 aromatic heterocycles. The van der Waals surface area contributed by atoms with E-state index in [4.69, 9.17) is 15.2 Å². The summed E-state index contributed by atoms with van der Waals surface area (Å²) in [6.45, 7) is 5.34. The fraction of sp³-hybridized carbons (Fsp3) is 0.476. The van der Waals surface area contributed by atoms with Gasteiger partial charge in [-0.05, 0) is 49.8 Å². The summed E-state index contributed by atoms with van der Waals surface area (Å²) < 4.78 is 13.5. The van der Waals surface area contributed by atoms with E-state index in [1.807, 2.05) is 32.0 Å². The third kappa shape index (κ3) is 4.28. The van der Waals surface area contributed by atoms with Gasteiger partial charge in [0.1, 0.15) is 0 Å². The predicted octanol–water partition coefficient (Wildman–Crippen LogP) is 3.22. The van der Waals surface area contributed by atoms with E-state index < -0.39 is 0 Å². The van der Waals surface area contributed by atoms with Crippen molar-refractivity contribution in [2.75, 3.05) is 13.7 Å². The van der Waals surface area contributed by atoms with Crippen LogP contribution in [0.1, 0.15) is 42.8 Å². The van der Waals surface area contributed by atoms with Crippen molar-refractivity contribution in [3.8, 4) is 11.5 Å². The van der Waals surface area contributed by atoms with E-state index in [2.05, 4.69) is 4.57 Å². The molecule has 1 aliphatic rings. The average molecular weight is 356 g/mol. The molecule has 5 heteroatoms. The SMILES string of the molecule is CCc1cc(=O)cc(C)n1CC(N)c1ccc(OC)c(OCC2CC2)c1. The summed E-state index contributed by atoms with van der Waals surface area (Å²) in [5.74, 6) is 2.16. The van der Waals surface area contributed by atoms with Crippen LogP contribution in [0, 0.1) is 12.8 Å². The summed E-state index contributed by atoms with van der Waals surface area (Å²) in [5, 5.41) is 0. The van der Waals surface area contributed by atoms with Crippen molar-refractivity contribution < 1.29 is 9.47 Å². The zero-order valence-electron chi connectivity index (χ0n) is 15.8. The Morgan fingerprint density at radius 3 is 2.65 bits per heavy atom. The van der Waals surface area contributed by atoms with Gasteiger partial charge in [-0.1, -0.05) is 13.0 Å². The van der Waals surface area contributed by atoms with Crippen molar-refractivity contribution >= 4 is 0 Å². The largest absolute Gasteiger partial charge is 0.493 e. The van der Waals surface area contributed by atoms with Crippen LogP contribution < -0.4 is 20.6 Å². The maximum atomic E-state index is 11.8. The molecule has 1 aliphatic carbocycles. The predicted molar refractivity (Wildman–Crippen MR) is 103 cm³/mol. The van der Waals surface area contributed by atoms with E-state index in [0.717, 1.165) is 41.5 Å². The van der Waals surface area contributed by atoms with Crippen molar-refractivity contribution in [3.63, 3.8) is 0 Å². The quantitative estimate of drug-likeness (QED) is 0.789. The van der Waals surface area contributed by atoms with Crippen LogP contribution in [-0.4, -0.2) is 18.3 Å². The number of hydrogen-bond acceptors (Lipinski definition) is 4. The highest BCUT2D eigenvalue weighted by Gasteiger charge is 2.23. The van der Waals surface area contributed by atoms with Gasteiger partial charge in [-0.3, -0.25) is 4.79 Å². The van der Waals surface area contributed by atoms with Crippen LogP contribution >= 0.6 is 0 Å². The van der Waals surface area contributed by atoms with Crippen molar-refractivity contribution in [2.24, 2.45) is 11.7 Å². The smallest absolute Gasteiger partial charge is 0.182 e. The zero-order chi connectivity index (χ0) is 18.7. The van der Waals surface area contributed by atoms with Gasteiger partial charge in [-0.2, -0.15) is 0 Å². The van der Waals surface area contributed by atoms with Crippen LogP contribution in [0.5, 0.6) is 11.5 Å². The minimum absolute atomic E-state index is 0.0457. The van der Waals surface area contributed by atoms with Gasteiger partial charge in [0, 0.05) is 36.1 Å². The Morgan fingerprint density at radius 2 is 2.00 bits per heavy atom. The van der Waals surface area contributed by atoms with E-state index in [-0.39, 0.29) is 11.5 Å². The van der Waals surface area contributed by atoms with Crippen molar-refractivity contribution in [2.45, 2.75) is 45.7 Å². The summed E-state index contributed by atoms with van der Waals surface area (Å²) in [4.78, 5) is 11.8.